The summed E-state index contributed by atoms with van der Waals surface area (Å²) in [4.78, 5) is 15.7. The average Bonchev–Trinajstić information content (AvgIpc) is 3.59. The molecule has 0 aliphatic carbocycles. The molecule has 0 fully saturated rings. The molecule has 250 valence electrons. The van der Waals surface area contributed by atoms with Crippen LogP contribution in [0.4, 0.5) is 0 Å². The minimum absolute atomic E-state index is 0.185. The Hall–Kier alpha value is -7.11. The first-order valence-electron chi connectivity index (χ1n) is 18.4. The van der Waals surface area contributed by atoms with E-state index in [0.29, 0.717) is 0 Å². The van der Waals surface area contributed by atoms with Gasteiger partial charge in [-0.2, -0.15) is 0 Å². The first-order chi connectivity index (χ1) is 26.8. The summed E-state index contributed by atoms with van der Waals surface area (Å²) in [7, 11) is 0. The van der Waals surface area contributed by atoms with E-state index in [1.54, 1.807) is 0 Å². The molecule has 0 atom stereocenters. The maximum absolute atomic E-state index is 5.31. The summed E-state index contributed by atoms with van der Waals surface area (Å²) in [6.45, 7) is -0.185. The molecule has 0 amide bonds. The Kier molecular flexibility index (Phi) is 6.92. The fourth-order valence-corrected chi connectivity index (χ4v) is 8.59. The maximum atomic E-state index is 5.31. The van der Waals surface area contributed by atoms with Crippen molar-refractivity contribution < 1.29 is 0 Å². The van der Waals surface area contributed by atoms with Crippen molar-refractivity contribution in [1.29, 1.82) is 0 Å². The molecule has 0 saturated heterocycles. The molecule has 5 heteroatoms. The van der Waals surface area contributed by atoms with E-state index in [1.165, 1.54) is 44.0 Å². The van der Waals surface area contributed by atoms with Gasteiger partial charge in [0.1, 0.15) is 0 Å². The van der Waals surface area contributed by atoms with E-state index in [4.69, 9.17) is 15.0 Å². The summed E-state index contributed by atoms with van der Waals surface area (Å²) in [5, 5.41) is 3.56. The number of benzene rings is 7. The smallest absolute Gasteiger partial charge is 0.268 e. The molecule has 4 heterocycles. The molecule has 54 heavy (non-hydrogen) atoms. The van der Waals surface area contributed by atoms with Gasteiger partial charge in [-0.25, -0.2) is 4.98 Å². The van der Waals surface area contributed by atoms with E-state index < -0.39 is 0 Å². The summed E-state index contributed by atoms with van der Waals surface area (Å²) in [5.74, 6) is 0.793. The van der Waals surface area contributed by atoms with E-state index >= 15 is 0 Å². The topological polar surface area (TPSA) is 43.6 Å². The summed E-state index contributed by atoms with van der Waals surface area (Å²) in [5.41, 5.74) is 15.8. The van der Waals surface area contributed by atoms with Crippen molar-refractivity contribution in [2.24, 2.45) is 0 Å². The van der Waals surface area contributed by atoms with Gasteiger partial charge in [0.15, 0.2) is 5.82 Å². The van der Waals surface area contributed by atoms with E-state index in [1.807, 2.05) is 12.4 Å². The Morgan fingerprint density at radius 1 is 0.407 bits per heavy atom. The Morgan fingerprint density at radius 3 is 1.65 bits per heavy atom. The van der Waals surface area contributed by atoms with E-state index in [0.717, 1.165) is 55.6 Å². The molecule has 11 rings (SSSR count). The molecule has 7 aromatic carbocycles. The van der Waals surface area contributed by atoms with Crippen LogP contribution in [0, 0.1) is 0 Å². The standard InChI is InChI=1S/C49H31BN4/c1-4-14-32(15-5-1)35-24-25-39-41(26-35)50(46-30-53-47(31-52-46)54-44-22-12-10-20-37(44)38-21-11-13-23-45(38)54)42-27-36(33-16-6-2-7-17-33)28-43-49(42)48(39)40(29-51-43)34-18-8-3-9-19-34/h1-31H. The Morgan fingerprint density at radius 2 is 1.00 bits per heavy atom. The second-order valence-corrected chi connectivity index (χ2v) is 14.0. The maximum Gasteiger partial charge on any atom is 0.268 e. The van der Waals surface area contributed by atoms with Crippen LogP contribution < -0.4 is 16.5 Å². The number of fused-ring (bicyclic) bond motifs is 5. The van der Waals surface area contributed by atoms with E-state index in [9.17, 15) is 0 Å². The molecule has 1 aliphatic heterocycles. The number of nitrogens with zero attached hydrogens (tertiary/aromatic N) is 4. The summed E-state index contributed by atoms with van der Waals surface area (Å²) >= 11 is 0. The van der Waals surface area contributed by atoms with Crippen LogP contribution in [0.1, 0.15) is 0 Å². The lowest BCUT2D eigenvalue weighted by atomic mass is 9.35. The Labute approximate surface area is 313 Å². The second kappa shape index (κ2) is 12.3. The van der Waals surface area contributed by atoms with Crippen molar-refractivity contribution in [3.8, 4) is 50.3 Å². The minimum Gasteiger partial charge on any atom is -0.293 e. The molecule has 0 spiro atoms. The monoisotopic (exact) mass is 686 g/mol. The molecule has 0 unspecified atom stereocenters. The first kappa shape index (κ1) is 30.5. The molecule has 10 aromatic rings. The molecule has 0 N–H and O–H groups in total. The van der Waals surface area contributed by atoms with Crippen molar-refractivity contribution in [3.63, 3.8) is 0 Å². The molecular formula is C49H31BN4. The number of rotatable bonds is 5. The van der Waals surface area contributed by atoms with Gasteiger partial charge in [-0.1, -0.05) is 163 Å². The number of hydrogen-bond donors (Lipinski definition) is 0. The van der Waals surface area contributed by atoms with Crippen LogP contribution >= 0.6 is 0 Å². The third-order valence-corrected chi connectivity index (χ3v) is 11.0. The number of pyridine rings is 1. The zero-order chi connectivity index (χ0) is 35.6. The van der Waals surface area contributed by atoms with Gasteiger partial charge in [-0.05, 0) is 57.1 Å². The quantitative estimate of drug-likeness (QED) is 0.170. The summed E-state index contributed by atoms with van der Waals surface area (Å²) in [6, 6.07) is 60.5. The number of aromatic nitrogens is 4. The van der Waals surface area contributed by atoms with Gasteiger partial charge in [-0.15, -0.1) is 0 Å². The van der Waals surface area contributed by atoms with Crippen molar-refractivity contribution in [2.75, 3.05) is 0 Å². The van der Waals surface area contributed by atoms with Crippen LogP contribution in [0.5, 0.6) is 0 Å². The van der Waals surface area contributed by atoms with Gasteiger partial charge in [0.05, 0.1) is 22.7 Å². The van der Waals surface area contributed by atoms with Crippen LogP contribution in [0.3, 0.4) is 0 Å². The molecule has 4 nitrogen and oxygen atoms in total. The number of hydrogen-bond acceptors (Lipinski definition) is 3. The van der Waals surface area contributed by atoms with Gasteiger partial charge in [-0.3, -0.25) is 14.5 Å². The van der Waals surface area contributed by atoms with Crippen molar-refractivity contribution in [1.82, 2.24) is 19.5 Å². The Balaban J connectivity index is 1.19. The molecule has 0 radical (unpaired) electrons. The molecule has 0 bridgehead atoms. The highest BCUT2D eigenvalue weighted by atomic mass is 15.1. The predicted octanol–water partition coefficient (Wildman–Crippen LogP) is 9.62. The minimum atomic E-state index is -0.185. The average molecular weight is 687 g/mol. The van der Waals surface area contributed by atoms with E-state index in [-0.39, 0.29) is 6.71 Å². The van der Waals surface area contributed by atoms with Gasteiger partial charge >= 0.3 is 0 Å². The zero-order valence-electron chi connectivity index (χ0n) is 29.3. The van der Waals surface area contributed by atoms with Crippen molar-refractivity contribution in [3.05, 3.63) is 188 Å². The van der Waals surface area contributed by atoms with Gasteiger partial charge in [0.25, 0.3) is 6.71 Å². The normalized spacial score (nSPS) is 12.0. The van der Waals surface area contributed by atoms with Gasteiger partial charge < -0.3 is 0 Å². The third kappa shape index (κ3) is 4.75. The van der Waals surface area contributed by atoms with E-state index in [2.05, 4.69) is 181 Å². The fourth-order valence-electron chi connectivity index (χ4n) is 8.59. The Bertz CT molecular complexity index is 2980. The van der Waals surface area contributed by atoms with Crippen molar-refractivity contribution in [2.45, 2.75) is 0 Å². The van der Waals surface area contributed by atoms with Gasteiger partial charge in [0.2, 0.25) is 0 Å². The molecular weight excluding hydrogens is 655 g/mol. The van der Waals surface area contributed by atoms with Crippen LogP contribution in [0.15, 0.2) is 188 Å². The highest BCUT2D eigenvalue weighted by Crippen LogP contribution is 2.40. The van der Waals surface area contributed by atoms with Crippen LogP contribution in [0.2, 0.25) is 0 Å². The lowest BCUT2D eigenvalue weighted by Gasteiger charge is -2.29. The fraction of sp³-hybridized carbons (Fsp3) is 0. The summed E-state index contributed by atoms with van der Waals surface area (Å²) < 4.78 is 2.23. The lowest BCUT2D eigenvalue weighted by Crippen LogP contribution is -2.56. The second-order valence-electron chi connectivity index (χ2n) is 14.0. The van der Waals surface area contributed by atoms with Crippen LogP contribution in [-0.2, 0) is 0 Å². The lowest BCUT2D eigenvalue weighted by molar-refractivity contribution is 1.05. The highest BCUT2D eigenvalue weighted by molar-refractivity contribution is 6.98. The van der Waals surface area contributed by atoms with Crippen LogP contribution in [0.25, 0.3) is 83.0 Å². The first-order valence-corrected chi connectivity index (χ1v) is 18.4. The van der Waals surface area contributed by atoms with Crippen molar-refractivity contribution >= 4 is 55.9 Å². The third-order valence-electron chi connectivity index (χ3n) is 11.0. The SMILES string of the molecule is c1ccc(-c2ccc3c(c2)B(c2cnc(-n4c5ccccc5c5ccccc54)cn2)c2cc(-c4ccccc4)cc4ncc(-c5ccccc5)c-3c24)cc1. The number of para-hydroxylation sites is 2. The molecule has 3 aromatic heterocycles. The zero-order valence-corrected chi connectivity index (χ0v) is 29.3. The highest BCUT2D eigenvalue weighted by Gasteiger charge is 2.36. The van der Waals surface area contributed by atoms with Gasteiger partial charge in [0, 0.05) is 39.7 Å². The molecule has 0 saturated carbocycles. The largest absolute Gasteiger partial charge is 0.293 e. The van der Waals surface area contributed by atoms with Crippen LogP contribution in [-0.4, -0.2) is 26.2 Å². The summed E-state index contributed by atoms with van der Waals surface area (Å²) in [6.07, 6.45) is 5.99. The predicted molar refractivity (Wildman–Crippen MR) is 225 cm³/mol. The molecule has 1 aliphatic rings.